The van der Waals surface area contributed by atoms with Gasteiger partial charge in [-0.15, -0.1) is 0 Å². The molecule has 0 radical (unpaired) electrons. The lowest BCUT2D eigenvalue weighted by Crippen LogP contribution is -2.56. The van der Waals surface area contributed by atoms with E-state index >= 15 is 0 Å². The first-order chi connectivity index (χ1) is 7.36. The summed E-state index contributed by atoms with van der Waals surface area (Å²) in [6, 6.07) is 0.846. The average Bonchev–Trinajstić information content (AvgIpc) is 2.19. The molecule has 1 fully saturated rings. The van der Waals surface area contributed by atoms with Gasteiger partial charge in [-0.25, -0.2) is 0 Å². The first kappa shape index (κ1) is 14.0. The molecule has 1 aliphatic rings. The number of likely N-dealkylation sites (tertiary alicyclic amines) is 1. The molecule has 0 aromatic carbocycles. The Morgan fingerprint density at radius 1 is 1.25 bits per heavy atom. The summed E-state index contributed by atoms with van der Waals surface area (Å²) in [5, 5.41) is 0. The highest BCUT2D eigenvalue weighted by Crippen LogP contribution is 2.30. The van der Waals surface area contributed by atoms with E-state index in [9.17, 15) is 0 Å². The van der Waals surface area contributed by atoms with Crippen LogP contribution < -0.4 is 5.73 Å². The number of piperidine rings is 1. The summed E-state index contributed by atoms with van der Waals surface area (Å²) in [5.41, 5.74) is 6.61. The molecule has 2 unspecified atom stereocenters. The molecule has 1 saturated heterocycles. The topological polar surface area (TPSA) is 29.3 Å². The molecular weight excluding hydrogens is 196 g/mol. The van der Waals surface area contributed by atoms with Crippen molar-refractivity contribution in [2.75, 3.05) is 13.1 Å². The van der Waals surface area contributed by atoms with E-state index in [1.807, 2.05) is 0 Å². The molecule has 0 aliphatic carbocycles. The molecule has 1 heterocycles. The van der Waals surface area contributed by atoms with Gasteiger partial charge in [0, 0.05) is 12.1 Å². The predicted molar refractivity (Wildman–Crippen MR) is 71.5 cm³/mol. The van der Waals surface area contributed by atoms with Gasteiger partial charge in [0.1, 0.15) is 0 Å². The van der Waals surface area contributed by atoms with Crippen molar-refractivity contribution in [3.63, 3.8) is 0 Å². The molecule has 96 valence electrons. The van der Waals surface area contributed by atoms with Crippen LogP contribution in [0.15, 0.2) is 0 Å². The maximum atomic E-state index is 6.33. The van der Waals surface area contributed by atoms with E-state index in [1.54, 1.807) is 0 Å². The molecule has 16 heavy (non-hydrogen) atoms. The Labute approximate surface area is 102 Å². The Morgan fingerprint density at radius 2 is 1.75 bits per heavy atom. The van der Waals surface area contributed by atoms with E-state index in [2.05, 4.69) is 39.5 Å². The standard InChI is InChI=1S/C14H30N2/c1-6-12(15)13(14(3,4)5)16-9-7-11(2)8-10-16/h11-13H,6-10,15H2,1-5H3. The van der Waals surface area contributed by atoms with Gasteiger partial charge in [0.2, 0.25) is 0 Å². The smallest absolute Gasteiger partial charge is 0.0295 e. The van der Waals surface area contributed by atoms with Crippen molar-refractivity contribution in [3.05, 3.63) is 0 Å². The minimum absolute atomic E-state index is 0.288. The highest BCUT2D eigenvalue weighted by Gasteiger charge is 2.35. The predicted octanol–water partition coefficient (Wildman–Crippen LogP) is 2.87. The number of rotatable bonds is 3. The molecule has 1 rings (SSSR count). The number of nitrogens with zero attached hydrogens (tertiary/aromatic N) is 1. The van der Waals surface area contributed by atoms with Crippen molar-refractivity contribution < 1.29 is 0 Å². The van der Waals surface area contributed by atoms with Crippen LogP contribution in [0.25, 0.3) is 0 Å². The van der Waals surface area contributed by atoms with Crippen LogP contribution in [0.2, 0.25) is 0 Å². The Balaban J connectivity index is 2.69. The van der Waals surface area contributed by atoms with Gasteiger partial charge in [0.15, 0.2) is 0 Å². The molecule has 0 amide bonds. The first-order valence-corrected chi connectivity index (χ1v) is 6.86. The van der Waals surface area contributed by atoms with Crippen LogP contribution in [-0.2, 0) is 0 Å². The van der Waals surface area contributed by atoms with E-state index < -0.39 is 0 Å². The minimum atomic E-state index is 0.288. The van der Waals surface area contributed by atoms with Gasteiger partial charge in [0.25, 0.3) is 0 Å². The van der Waals surface area contributed by atoms with Crippen LogP contribution in [-0.4, -0.2) is 30.1 Å². The summed E-state index contributed by atoms with van der Waals surface area (Å²) in [4.78, 5) is 2.63. The zero-order valence-corrected chi connectivity index (χ0v) is 11.8. The van der Waals surface area contributed by atoms with E-state index in [0.717, 1.165) is 12.3 Å². The van der Waals surface area contributed by atoms with Gasteiger partial charge in [0.05, 0.1) is 0 Å². The maximum Gasteiger partial charge on any atom is 0.0295 e. The molecule has 2 atom stereocenters. The summed E-state index contributed by atoms with van der Waals surface area (Å²) < 4.78 is 0. The van der Waals surface area contributed by atoms with Crippen molar-refractivity contribution in [2.24, 2.45) is 17.1 Å². The highest BCUT2D eigenvalue weighted by molar-refractivity contribution is 4.92. The second-order valence-electron chi connectivity index (χ2n) is 6.60. The molecule has 0 spiro atoms. The van der Waals surface area contributed by atoms with Gasteiger partial charge < -0.3 is 5.73 Å². The fourth-order valence-corrected chi connectivity index (χ4v) is 2.99. The summed E-state index contributed by atoms with van der Waals surface area (Å²) in [5.74, 6) is 0.898. The highest BCUT2D eigenvalue weighted by atomic mass is 15.2. The fraction of sp³-hybridized carbons (Fsp3) is 1.00. The van der Waals surface area contributed by atoms with Crippen molar-refractivity contribution >= 4 is 0 Å². The molecular formula is C14H30N2. The van der Waals surface area contributed by atoms with Crippen LogP contribution in [0, 0.1) is 11.3 Å². The summed E-state index contributed by atoms with van der Waals surface area (Å²) in [7, 11) is 0. The van der Waals surface area contributed by atoms with Gasteiger partial charge in [-0.3, -0.25) is 4.90 Å². The average molecular weight is 226 g/mol. The van der Waals surface area contributed by atoms with Gasteiger partial charge in [-0.1, -0.05) is 34.6 Å². The lowest BCUT2D eigenvalue weighted by atomic mass is 9.79. The second kappa shape index (κ2) is 5.50. The van der Waals surface area contributed by atoms with Gasteiger partial charge in [-0.2, -0.15) is 0 Å². The van der Waals surface area contributed by atoms with Crippen LogP contribution in [0.3, 0.4) is 0 Å². The summed E-state index contributed by atoms with van der Waals surface area (Å²) in [6.45, 7) is 14.0. The first-order valence-electron chi connectivity index (χ1n) is 6.86. The van der Waals surface area contributed by atoms with E-state index in [1.165, 1.54) is 25.9 Å². The molecule has 1 aliphatic heterocycles. The molecule has 2 N–H and O–H groups in total. The molecule has 0 bridgehead atoms. The third-order valence-electron chi connectivity index (χ3n) is 3.98. The monoisotopic (exact) mass is 226 g/mol. The van der Waals surface area contributed by atoms with Crippen LogP contribution in [0.4, 0.5) is 0 Å². The Morgan fingerprint density at radius 3 is 2.12 bits per heavy atom. The molecule has 0 aromatic rings. The third-order valence-corrected chi connectivity index (χ3v) is 3.98. The maximum absolute atomic E-state index is 6.33. The van der Waals surface area contributed by atoms with Crippen LogP contribution in [0.1, 0.15) is 53.9 Å². The molecule has 2 heteroatoms. The SMILES string of the molecule is CCC(N)C(N1CCC(C)CC1)C(C)(C)C. The Hall–Kier alpha value is -0.0800. The zero-order valence-electron chi connectivity index (χ0n) is 11.8. The Kier molecular flexibility index (Phi) is 4.81. The van der Waals surface area contributed by atoms with E-state index in [4.69, 9.17) is 5.73 Å². The minimum Gasteiger partial charge on any atom is -0.326 e. The quantitative estimate of drug-likeness (QED) is 0.802. The number of hydrogen-bond donors (Lipinski definition) is 1. The van der Waals surface area contributed by atoms with Crippen molar-refractivity contribution in [3.8, 4) is 0 Å². The Bertz CT molecular complexity index is 199. The molecule has 0 saturated carbocycles. The van der Waals surface area contributed by atoms with Gasteiger partial charge in [-0.05, 0) is 43.7 Å². The van der Waals surface area contributed by atoms with Crippen molar-refractivity contribution in [1.29, 1.82) is 0 Å². The molecule has 0 aromatic heterocycles. The van der Waals surface area contributed by atoms with Crippen molar-refractivity contribution in [1.82, 2.24) is 4.90 Å². The normalized spacial score (nSPS) is 24.4. The fourth-order valence-electron chi connectivity index (χ4n) is 2.99. The number of nitrogens with two attached hydrogens (primary N) is 1. The summed E-state index contributed by atoms with van der Waals surface area (Å²) in [6.07, 6.45) is 3.75. The summed E-state index contributed by atoms with van der Waals surface area (Å²) >= 11 is 0. The zero-order chi connectivity index (χ0) is 12.3. The number of hydrogen-bond acceptors (Lipinski definition) is 2. The second-order valence-corrected chi connectivity index (χ2v) is 6.60. The third kappa shape index (κ3) is 3.46. The van der Waals surface area contributed by atoms with E-state index in [0.29, 0.717) is 12.1 Å². The van der Waals surface area contributed by atoms with Crippen LogP contribution in [0.5, 0.6) is 0 Å². The largest absolute Gasteiger partial charge is 0.326 e. The van der Waals surface area contributed by atoms with Gasteiger partial charge >= 0.3 is 0 Å². The van der Waals surface area contributed by atoms with Crippen LogP contribution >= 0.6 is 0 Å². The lowest BCUT2D eigenvalue weighted by molar-refractivity contribution is 0.0485. The molecule has 2 nitrogen and oxygen atoms in total. The van der Waals surface area contributed by atoms with E-state index in [-0.39, 0.29) is 5.41 Å². The lowest BCUT2D eigenvalue weighted by Gasteiger charge is -2.46. The van der Waals surface area contributed by atoms with Crippen molar-refractivity contribution in [2.45, 2.75) is 66.0 Å².